The summed E-state index contributed by atoms with van der Waals surface area (Å²) >= 11 is 0. The molecule has 1 rings (SSSR count). The van der Waals surface area contributed by atoms with Gasteiger partial charge in [0.25, 0.3) is 0 Å². The van der Waals surface area contributed by atoms with Gasteiger partial charge >= 0.3 is 6.18 Å². The average molecular weight is 262 g/mol. The molecule has 0 bridgehead atoms. The third-order valence-corrected chi connectivity index (χ3v) is 1.88. The molecule has 0 saturated carbocycles. The molecule has 0 atom stereocenters. The minimum Gasteiger partial charge on any atom is -0.381 e. The summed E-state index contributed by atoms with van der Waals surface area (Å²) in [6, 6.07) is 0. The molecule has 0 radical (unpaired) electrons. The molecule has 0 aliphatic carbocycles. The van der Waals surface area contributed by atoms with E-state index in [4.69, 9.17) is 5.73 Å². The number of hydrogen-bond acceptors (Lipinski definition) is 2. The minimum absolute atomic E-state index is 0.385. The van der Waals surface area contributed by atoms with Crippen molar-refractivity contribution in [1.29, 1.82) is 0 Å². The number of nitrogens with two attached hydrogens (primary N) is 1. The first kappa shape index (κ1) is 16.2. The highest BCUT2D eigenvalue weighted by molar-refractivity contribution is 5.52. The maximum Gasteiger partial charge on any atom is 0.419 e. The Hall–Kier alpha value is -1.77. The first-order chi connectivity index (χ1) is 8.29. The zero-order chi connectivity index (χ0) is 14.5. The lowest BCUT2D eigenvalue weighted by Crippen LogP contribution is -2.15. The number of aromatic nitrogens is 1. The number of halogens is 4. The van der Waals surface area contributed by atoms with Crippen molar-refractivity contribution in [2.75, 3.05) is 5.73 Å². The molecule has 100 valence electrons. The van der Waals surface area contributed by atoms with Gasteiger partial charge in [0.2, 0.25) is 0 Å². The Bertz CT molecular complexity index is 482. The van der Waals surface area contributed by atoms with Gasteiger partial charge in [-0.15, -0.1) is 5.92 Å². The molecule has 1 heterocycles. The first-order valence-electron chi connectivity index (χ1n) is 5.24. The van der Waals surface area contributed by atoms with Crippen LogP contribution in [0.4, 0.5) is 23.4 Å². The predicted molar refractivity (Wildman–Crippen MR) is 62.2 cm³/mol. The molecular weight excluding hydrogens is 248 g/mol. The van der Waals surface area contributed by atoms with E-state index in [0.29, 0.717) is 0 Å². The van der Waals surface area contributed by atoms with Crippen molar-refractivity contribution < 1.29 is 17.6 Å². The number of alkyl halides is 3. The van der Waals surface area contributed by atoms with Gasteiger partial charge in [-0.25, -0.2) is 9.37 Å². The van der Waals surface area contributed by atoms with Crippen LogP contribution in [-0.2, 0) is 6.18 Å². The summed E-state index contributed by atoms with van der Waals surface area (Å²) in [7, 11) is 0. The van der Waals surface area contributed by atoms with Crippen LogP contribution in [0.25, 0.3) is 0 Å². The summed E-state index contributed by atoms with van der Waals surface area (Å²) < 4.78 is 51.3. The molecule has 18 heavy (non-hydrogen) atoms. The zero-order valence-corrected chi connectivity index (χ0v) is 10.5. The maximum absolute atomic E-state index is 13.4. The third kappa shape index (κ3) is 3.36. The summed E-state index contributed by atoms with van der Waals surface area (Å²) in [6.07, 6.45) is -4.70. The maximum atomic E-state index is 13.4. The van der Waals surface area contributed by atoms with Crippen LogP contribution in [-0.4, -0.2) is 4.98 Å². The van der Waals surface area contributed by atoms with Crippen molar-refractivity contribution in [1.82, 2.24) is 4.98 Å². The standard InChI is InChI=1S/C10H8F4N2.C2H6/c1-3-4-6-7(10(12,13)14)5(2)16-9(15)8(6)11;1-2/h1-2H3,(H2,15,16);1-2H3. The van der Waals surface area contributed by atoms with E-state index in [1.54, 1.807) is 0 Å². The molecule has 0 unspecified atom stereocenters. The van der Waals surface area contributed by atoms with Crippen molar-refractivity contribution >= 4 is 5.82 Å². The average Bonchev–Trinajstić information content (AvgIpc) is 2.26. The second-order valence-electron chi connectivity index (χ2n) is 3.02. The van der Waals surface area contributed by atoms with Crippen molar-refractivity contribution in [2.45, 2.75) is 33.9 Å². The Morgan fingerprint density at radius 2 is 1.72 bits per heavy atom. The fourth-order valence-electron chi connectivity index (χ4n) is 1.29. The largest absolute Gasteiger partial charge is 0.419 e. The predicted octanol–water partition coefficient (Wildman–Crippen LogP) is 3.53. The fraction of sp³-hybridized carbons (Fsp3) is 0.417. The number of nitrogens with zero attached hydrogens (tertiary/aromatic N) is 1. The lowest BCUT2D eigenvalue weighted by atomic mass is 10.1. The molecule has 0 aliphatic rings. The van der Waals surface area contributed by atoms with Crippen molar-refractivity contribution in [2.24, 2.45) is 0 Å². The van der Waals surface area contributed by atoms with Crippen molar-refractivity contribution in [3.63, 3.8) is 0 Å². The molecule has 1 aromatic heterocycles. The molecule has 0 fully saturated rings. The van der Waals surface area contributed by atoms with Crippen LogP contribution in [0.15, 0.2) is 0 Å². The fourth-order valence-corrected chi connectivity index (χ4v) is 1.29. The highest BCUT2D eigenvalue weighted by Crippen LogP contribution is 2.35. The van der Waals surface area contributed by atoms with E-state index in [-0.39, 0.29) is 5.69 Å². The monoisotopic (exact) mass is 262 g/mol. The van der Waals surface area contributed by atoms with Crippen LogP contribution in [0.5, 0.6) is 0 Å². The number of hydrogen-bond donors (Lipinski definition) is 1. The second-order valence-corrected chi connectivity index (χ2v) is 3.02. The van der Waals surface area contributed by atoms with E-state index >= 15 is 0 Å². The lowest BCUT2D eigenvalue weighted by molar-refractivity contribution is -0.138. The smallest absolute Gasteiger partial charge is 0.381 e. The van der Waals surface area contributed by atoms with Crippen LogP contribution in [0.1, 0.15) is 37.6 Å². The van der Waals surface area contributed by atoms with Gasteiger partial charge in [0.15, 0.2) is 11.6 Å². The zero-order valence-electron chi connectivity index (χ0n) is 10.5. The van der Waals surface area contributed by atoms with Crippen molar-refractivity contribution in [3.05, 3.63) is 22.6 Å². The molecule has 2 nitrogen and oxygen atoms in total. The number of pyridine rings is 1. The van der Waals surface area contributed by atoms with Gasteiger partial charge in [-0.3, -0.25) is 0 Å². The van der Waals surface area contributed by atoms with Crippen LogP contribution < -0.4 is 5.73 Å². The van der Waals surface area contributed by atoms with Crippen LogP contribution >= 0.6 is 0 Å². The summed E-state index contributed by atoms with van der Waals surface area (Å²) in [4.78, 5) is 3.30. The summed E-state index contributed by atoms with van der Waals surface area (Å²) in [5.74, 6) is 2.48. The van der Waals surface area contributed by atoms with Crippen LogP contribution in [0.2, 0.25) is 0 Å². The lowest BCUT2D eigenvalue weighted by Gasteiger charge is -2.13. The highest BCUT2D eigenvalue weighted by atomic mass is 19.4. The Labute approximate surface area is 103 Å². The number of aryl methyl sites for hydroxylation is 1. The van der Waals surface area contributed by atoms with E-state index < -0.39 is 28.9 Å². The highest BCUT2D eigenvalue weighted by Gasteiger charge is 2.37. The van der Waals surface area contributed by atoms with E-state index in [9.17, 15) is 17.6 Å². The Morgan fingerprint density at radius 3 is 2.11 bits per heavy atom. The SMILES string of the molecule is CC.CC#Cc1c(F)c(N)nc(C)c1C(F)(F)F. The normalized spacial score (nSPS) is 10.0. The van der Waals surface area contributed by atoms with Gasteiger partial charge in [0, 0.05) is 0 Å². The molecule has 1 aromatic rings. The molecule has 2 N–H and O–H groups in total. The van der Waals surface area contributed by atoms with Crippen molar-refractivity contribution in [3.8, 4) is 11.8 Å². The summed E-state index contributed by atoms with van der Waals surface area (Å²) in [5, 5.41) is 0. The van der Waals surface area contributed by atoms with Crippen LogP contribution in [0, 0.1) is 24.6 Å². The number of anilines is 1. The molecular formula is C12H14F4N2. The van der Waals surface area contributed by atoms with E-state index in [0.717, 1.165) is 6.92 Å². The first-order valence-corrected chi connectivity index (χ1v) is 5.24. The van der Waals surface area contributed by atoms with Gasteiger partial charge < -0.3 is 5.73 Å². The molecule has 0 amide bonds. The van der Waals surface area contributed by atoms with Gasteiger partial charge in [-0.05, 0) is 13.8 Å². The van der Waals surface area contributed by atoms with Gasteiger partial charge in [-0.2, -0.15) is 13.2 Å². The number of rotatable bonds is 0. The second kappa shape index (κ2) is 6.24. The molecule has 6 heteroatoms. The molecule has 0 saturated heterocycles. The van der Waals surface area contributed by atoms with Gasteiger partial charge in [0.05, 0.1) is 16.8 Å². The Kier molecular flexibility index (Phi) is 5.63. The van der Waals surface area contributed by atoms with Gasteiger partial charge in [0.1, 0.15) is 0 Å². The Morgan fingerprint density at radius 1 is 1.22 bits per heavy atom. The van der Waals surface area contributed by atoms with Crippen LogP contribution in [0.3, 0.4) is 0 Å². The summed E-state index contributed by atoms with van der Waals surface area (Å²) in [5.41, 5.74) is 2.83. The molecule has 0 aromatic carbocycles. The Balaban J connectivity index is 0.00000137. The molecule has 0 spiro atoms. The third-order valence-electron chi connectivity index (χ3n) is 1.88. The quantitative estimate of drug-likeness (QED) is 0.574. The van der Waals surface area contributed by atoms with E-state index in [1.165, 1.54) is 6.92 Å². The van der Waals surface area contributed by atoms with Gasteiger partial charge in [-0.1, -0.05) is 19.8 Å². The minimum atomic E-state index is -4.70. The molecule has 0 aliphatic heterocycles. The van der Waals surface area contributed by atoms with E-state index in [2.05, 4.69) is 16.8 Å². The van der Waals surface area contributed by atoms with E-state index in [1.807, 2.05) is 13.8 Å². The topological polar surface area (TPSA) is 38.9 Å². The number of nitrogen functional groups attached to an aromatic ring is 1. The summed E-state index contributed by atoms with van der Waals surface area (Å²) in [6.45, 7) is 6.42.